The molecule has 0 atom stereocenters. The Morgan fingerprint density at radius 2 is 2.08 bits per heavy atom. The summed E-state index contributed by atoms with van der Waals surface area (Å²) in [7, 11) is 4.58. The lowest BCUT2D eigenvalue weighted by Crippen LogP contribution is -2.09. The van der Waals surface area contributed by atoms with Crippen molar-refractivity contribution in [1.82, 2.24) is 24.7 Å². The van der Waals surface area contributed by atoms with Crippen LogP contribution in [0.3, 0.4) is 0 Å². The molecule has 0 aliphatic rings. The maximum absolute atomic E-state index is 11.9. The molecule has 0 saturated heterocycles. The maximum Gasteiger partial charge on any atom is 0.343 e. The maximum atomic E-state index is 11.9. The Labute approximate surface area is 154 Å². The second-order valence-corrected chi connectivity index (χ2v) is 5.48. The van der Waals surface area contributed by atoms with Gasteiger partial charge >= 0.3 is 5.97 Å². The number of carbonyl (C=O) groups is 1. The Morgan fingerprint density at radius 3 is 2.73 bits per heavy atom. The van der Waals surface area contributed by atoms with Gasteiger partial charge in [0, 0.05) is 13.2 Å². The number of esters is 1. The number of aryl methyl sites for hydroxylation is 1. The number of rotatable bonds is 5. The van der Waals surface area contributed by atoms with E-state index in [0.717, 1.165) is 0 Å². The summed E-state index contributed by atoms with van der Waals surface area (Å²) >= 11 is 5.87. The molecule has 2 aromatic heterocycles. The monoisotopic (exact) mass is 374 g/mol. The van der Waals surface area contributed by atoms with Crippen LogP contribution in [0.25, 0.3) is 11.4 Å². The van der Waals surface area contributed by atoms with E-state index in [1.165, 1.54) is 20.4 Å². The van der Waals surface area contributed by atoms with Crippen LogP contribution in [0.15, 0.2) is 30.7 Å². The van der Waals surface area contributed by atoms with Gasteiger partial charge in [-0.15, -0.1) is 0 Å². The fourth-order valence-electron chi connectivity index (χ4n) is 2.34. The van der Waals surface area contributed by atoms with Gasteiger partial charge in [-0.25, -0.2) is 14.8 Å². The molecular formula is C16H15ClN6O3. The first-order valence-corrected chi connectivity index (χ1v) is 7.82. The van der Waals surface area contributed by atoms with Crippen LogP contribution >= 0.6 is 11.6 Å². The van der Waals surface area contributed by atoms with Gasteiger partial charge in [0.05, 0.1) is 25.5 Å². The Kier molecular flexibility index (Phi) is 4.99. The Morgan fingerprint density at radius 1 is 1.27 bits per heavy atom. The molecule has 0 radical (unpaired) electrons. The van der Waals surface area contributed by atoms with Gasteiger partial charge in [0.1, 0.15) is 17.7 Å². The van der Waals surface area contributed by atoms with Gasteiger partial charge in [-0.2, -0.15) is 10.1 Å². The largest absolute Gasteiger partial charge is 0.494 e. The molecule has 9 nitrogen and oxygen atoms in total. The molecule has 0 aliphatic heterocycles. The van der Waals surface area contributed by atoms with Crippen molar-refractivity contribution in [2.24, 2.45) is 7.05 Å². The molecule has 26 heavy (non-hydrogen) atoms. The van der Waals surface area contributed by atoms with E-state index in [1.54, 1.807) is 30.2 Å². The summed E-state index contributed by atoms with van der Waals surface area (Å²) in [6, 6.07) is 5.40. The highest BCUT2D eigenvalue weighted by atomic mass is 35.5. The normalized spacial score (nSPS) is 10.5. The predicted octanol–water partition coefficient (Wildman–Crippen LogP) is 2.46. The average molecular weight is 375 g/mol. The summed E-state index contributed by atoms with van der Waals surface area (Å²) in [5, 5.41) is 7.32. The van der Waals surface area contributed by atoms with E-state index in [0.29, 0.717) is 22.8 Å². The van der Waals surface area contributed by atoms with Crippen LogP contribution in [0.1, 0.15) is 10.4 Å². The van der Waals surface area contributed by atoms with Crippen LogP contribution in [0.4, 0.5) is 11.5 Å². The Hall–Kier alpha value is -3.20. The van der Waals surface area contributed by atoms with Crippen molar-refractivity contribution < 1.29 is 14.3 Å². The summed E-state index contributed by atoms with van der Waals surface area (Å²) in [4.78, 5) is 24.1. The zero-order chi connectivity index (χ0) is 18.7. The molecule has 0 aliphatic carbocycles. The molecule has 0 fully saturated rings. The van der Waals surface area contributed by atoms with E-state index < -0.39 is 5.97 Å². The number of hydrogen-bond donors (Lipinski definition) is 1. The first kappa shape index (κ1) is 17.6. The molecule has 0 spiro atoms. The third kappa shape index (κ3) is 3.42. The molecule has 0 bridgehead atoms. The number of nitrogens with one attached hydrogen (secondary N) is 1. The van der Waals surface area contributed by atoms with E-state index >= 15 is 0 Å². The second kappa shape index (κ2) is 7.36. The van der Waals surface area contributed by atoms with Gasteiger partial charge in [-0.3, -0.25) is 4.68 Å². The van der Waals surface area contributed by atoms with Gasteiger partial charge in [-0.05, 0) is 23.7 Å². The van der Waals surface area contributed by atoms with Crippen molar-refractivity contribution >= 4 is 29.1 Å². The summed E-state index contributed by atoms with van der Waals surface area (Å²) in [6.45, 7) is 0. The topological polar surface area (TPSA) is 104 Å². The summed E-state index contributed by atoms with van der Waals surface area (Å²) in [6.07, 6.45) is 2.88. The van der Waals surface area contributed by atoms with E-state index in [-0.39, 0.29) is 16.7 Å². The van der Waals surface area contributed by atoms with Gasteiger partial charge in [0.2, 0.25) is 5.28 Å². The van der Waals surface area contributed by atoms with Crippen LogP contribution in [0, 0.1) is 0 Å². The van der Waals surface area contributed by atoms with Crippen molar-refractivity contribution in [3.63, 3.8) is 0 Å². The number of methoxy groups -OCH3 is 2. The lowest BCUT2D eigenvalue weighted by Gasteiger charge is -2.14. The number of anilines is 2. The van der Waals surface area contributed by atoms with E-state index in [2.05, 4.69) is 25.4 Å². The molecule has 0 amide bonds. The van der Waals surface area contributed by atoms with E-state index in [9.17, 15) is 4.79 Å². The SMILES string of the molecule is COC(=O)c1cnc(Cl)nc1Nc1cccc(-c2ncn(C)n2)c1OC. The summed E-state index contributed by atoms with van der Waals surface area (Å²) in [5.74, 6) is 0.595. The third-order valence-corrected chi connectivity index (χ3v) is 3.66. The lowest BCUT2D eigenvalue weighted by molar-refractivity contribution is 0.0601. The van der Waals surface area contributed by atoms with Gasteiger partial charge in [-0.1, -0.05) is 6.07 Å². The third-order valence-electron chi connectivity index (χ3n) is 3.48. The van der Waals surface area contributed by atoms with Crippen LogP contribution < -0.4 is 10.1 Å². The molecule has 0 unspecified atom stereocenters. The number of ether oxygens (including phenoxy) is 2. The number of aromatic nitrogens is 5. The number of carbonyl (C=O) groups excluding carboxylic acids is 1. The van der Waals surface area contributed by atoms with E-state index in [4.69, 9.17) is 21.1 Å². The molecule has 3 aromatic rings. The summed E-state index contributed by atoms with van der Waals surface area (Å²) < 4.78 is 11.9. The smallest absolute Gasteiger partial charge is 0.343 e. The second-order valence-electron chi connectivity index (χ2n) is 5.15. The molecule has 1 N–H and O–H groups in total. The number of halogens is 1. The molecule has 10 heteroatoms. The molecule has 134 valence electrons. The predicted molar refractivity (Wildman–Crippen MR) is 94.7 cm³/mol. The average Bonchev–Trinajstić information content (AvgIpc) is 3.07. The Balaban J connectivity index is 2.06. The highest BCUT2D eigenvalue weighted by molar-refractivity contribution is 6.28. The van der Waals surface area contributed by atoms with Crippen molar-refractivity contribution in [1.29, 1.82) is 0 Å². The molecule has 0 saturated carbocycles. The zero-order valence-corrected chi connectivity index (χ0v) is 15.0. The molecular weight excluding hydrogens is 360 g/mol. The van der Waals surface area contributed by atoms with Crippen LogP contribution in [-0.2, 0) is 11.8 Å². The standard InChI is InChI=1S/C16H15ClN6O3/c1-23-8-19-13(22-23)9-5-4-6-11(12(9)25-2)20-14-10(15(24)26-3)7-18-16(17)21-14/h4-8H,1-3H3,(H,18,20,21). The number of para-hydroxylation sites is 1. The van der Waals surface area contributed by atoms with Gasteiger partial charge in [0.25, 0.3) is 0 Å². The van der Waals surface area contributed by atoms with Gasteiger partial charge < -0.3 is 14.8 Å². The first-order valence-electron chi connectivity index (χ1n) is 7.44. The quantitative estimate of drug-likeness (QED) is 0.536. The minimum absolute atomic E-state index is 0.0123. The van der Waals surface area contributed by atoms with Crippen molar-refractivity contribution in [3.8, 4) is 17.1 Å². The van der Waals surface area contributed by atoms with E-state index in [1.807, 2.05) is 6.07 Å². The zero-order valence-electron chi connectivity index (χ0n) is 14.2. The van der Waals surface area contributed by atoms with Crippen LogP contribution in [0.5, 0.6) is 5.75 Å². The van der Waals surface area contributed by atoms with Crippen molar-refractivity contribution in [3.05, 3.63) is 41.6 Å². The molecule has 1 aromatic carbocycles. The van der Waals surface area contributed by atoms with Crippen LogP contribution in [-0.4, -0.2) is 44.9 Å². The molecule has 2 heterocycles. The summed E-state index contributed by atoms with van der Waals surface area (Å²) in [5.41, 5.74) is 1.37. The fourth-order valence-corrected chi connectivity index (χ4v) is 2.47. The lowest BCUT2D eigenvalue weighted by atomic mass is 10.1. The highest BCUT2D eigenvalue weighted by Gasteiger charge is 2.19. The number of hydrogen-bond acceptors (Lipinski definition) is 8. The van der Waals surface area contributed by atoms with Crippen LogP contribution in [0.2, 0.25) is 5.28 Å². The number of nitrogens with zero attached hydrogens (tertiary/aromatic N) is 5. The number of benzene rings is 1. The highest BCUT2D eigenvalue weighted by Crippen LogP contribution is 2.36. The van der Waals surface area contributed by atoms with Crippen molar-refractivity contribution in [2.75, 3.05) is 19.5 Å². The minimum atomic E-state index is -0.592. The first-order chi connectivity index (χ1) is 12.5. The van der Waals surface area contributed by atoms with Gasteiger partial charge in [0.15, 0.2) is 11.6 Å². The molecule has 3 rings (SSSR count). The minimum Gasteiger partial charge on any atom is -0.494 e. The fraction of sp³-hybridized carbons (Fsp3) is 0.188. The van der Waals surface area contributed by atoms with Crippen molar-refractivity contribution in [2.45, 2.75) is 0 Å². The Bertz CT molecular complexity index is 959.